The SMILES string of the molecule is COC(=O)[C@@H]1C[C@@H](O)c2cccc(OC)c21. The average Bonchev–Trinajstić information content (AvgIpc) is 2.66. The van der Waals surface area contributed by atoms with Crippen molar-refractivity contribution in [3.63, 3.8) is 0 Å². The molecule has 0 amide bonds. The normalized spacial score (nSPS) is 22.7. The van der Waals surface area contributed by atoms with E-state index in [1.165, 1.54) is 7.11 Å². The molecule has 0 aliphatic heterocycles. The van der Waals surface area contributed by atoms with Gasteiger partial charge in [0, 0.05) is 5.56 Å². The zero-order chi connectivity index (χ0) is 11.7. The van der Waals surface area contributed by atoms with Crippen LogP contribution in [-0.4, -0.2) is 25.3 Å². The molecule has 1 aromatic carbocycles. The van der Waals surface area contributed by atoms with Crippen molar-refractivity contribution in [1.82, 2.24) is 0 Å². The maximum absolute atomic E-state index is 11.6. The van der Waals surface area contributed by atoms with Gasteiger partial charge < -0.3 is 14.6 Å². The van der Waals surface area contributed by atoms with Crippen LogP contribution in [0.4, 0.5) is 0 Å². The molecule has 0 saturated carbocycles. The largest absolute Gasteiger partial charge is 0.496 e. The van der Waals surface area contributed by atoms with E-state index >= 15 is 0 Å². The molecular weight excluding hydrogens is 208 g/mol. The summed E-state index contributed by atoms with van der Waals surface area (Å²) in [6.07, 6.45) is -0.253. The molecule has 4 heteroatoms. The lowest BCUT2D eigenvalue weighted by molar-refractivity contribution is -0.142. The number of aliphatic hydroxyl groups excluding tert-OH is 1. The Labute approximate surface area is 93.8 Å². The molecule has 4 nitrogen and oxygen atoms in total. The molecule has 0 aromatic heterocycles. The first-order chi connectivity index (χ1) is 7.69. The number of hydrogen-bond acceptors (Lipinski definition) is 4. The molecule has 1 aliphatic rings. The van der Waals surface area contributed by atoms with Crippen LogP contribution in [0.2, 0.25) is 0 Å². The summed E-state index contributed by atoms with van der Waals surface area (Å²) in [7, 11) is 2.90. The number of benzene rings is 1. The Balaban J connectivity index is 2.50. The Morgan fingerprint density at radius 1 is 1.44 bits per heavy atom. The number of ether oxygens (including phenoxy) is 2. The van der Waals surface area contributed by atoms with Crippen LogP contribution in [0.1, 0.15) is 29.6 Å². The number of esters is 1. The number of rotatable bonds is 2. The number of carbonyl (C=O) groups excluding carboxylic acids is 1. The second kappa shape index (κ2) is 4.14. The summed E-state index contributed by atoms with van der Waals surface area (Å²) in [4.78, 5) is 11.6. The van der Waals surface area contributed by atoms with Crippen LogP contribution in [0.5, 0.6) is 5.75 Å². The van der Waals surface area contributed by atoms with Gasteiger partial charge in [-0.2, -0.15) is 0 Å². The van der Waals surface area contributed by atoms with E-state index in [4.69, 9.17) is 9.47 Å². The molecule has 0 unspecified atom stereocenters. The molecule has 2 atom stereocenters. The molecule has 0 spiro atoms. The fourth-order valence-electron chi connectivity index (χ4n) is 2.23. The second-order valence-corrected chi connectivity index (χ2v) is 3.79. The molecule has 1 aliphatic carbocycles. The minimum absolute atomic E-state index is 0.331. The fraction of sp³-hybridized carbons (Fsp3) is 0.417. The predicted molar refractivity (Wildman–Crippen MR) is 57.3 cm³/mol. The molecule has 0 fully saturated rings. The van der Waals surface area contributed by atoms with Crippen molar-refractivity contribution in [3.05, 3.63) is 29.3 Å². The quantitative estimate of drug-likeness (QED) is 0.768. The minimum Gasteiger partial charge on any atom is -0.496 e. The minimum atomic E-state index is -0.616. The van der Waals surface area contributed by atoms with Crippen molar-refractivity contribution >= 4 is 5.97 Å². The van der Waals surface area contributed by atoms with Gasteiger partial charge in [-0.15, -0.1) is 0 Å². The smallest absolute Gasteiger partial charge is 0.313 e. The lowest BCUT2D eigenvalue weighted by Gasteiger charge is -2.12. The van der Waals surface area contributed by atoms with Gasteiger partial charge in [0.05, 0.1) is 26.2 Å². The first-order valence-electron chi connectivity index (χ1n) is 5.11. The van der Waals surface area contributed by atoms with E-state index in [1.807, 2.05) is 6.07 Å². The summed E-state index contributed by atoms with van der Waals surface area (Å²) < 4.78 is 9.94. The van der Waals surface area contributed by atoms with Gasteiger partial charge in [-0.3, -0.25) is 4.79 Å². The molecule has 0 radical (unpaired) electrons. The zero-order valence-corrected chi connectivity index (χ0v) is 9.27. The summed E-state index contributed by atoms with van der Waals surface area (Å²) in [5, 5.41) is 9.85. The van der Waals surface area contributed by atoms with Crippen molar-refractivity contribution in [1.29, 1.82) is 0 Å². The van der Waals surface area contributed by atoms with Crippen LogP contribution in [0.15, 0.2) is 18.2 Å². The molecule has 0 bridgehead atoms. The highest BCUT2D eigenvalue weighted by Gasteiger charge is 2.37. The van der Waals surface area contributed by atoms with E-state index in [9.17, 15) is 9.90 Å². The van der Waals surface area contributed by atoms with E-state index in [0.29, 0.717) is 12.2 Å². The first-order valence-corrected chi connectivity index (χ1v) is 5.11. The maximum Gasteiger partial charge on any atom is 0.313 e. The van der Waals surface area contributed by atoms with Gasteiger partial charge in [-0.05, 0) is 18.1 Å². The van der Waals surface area contributed by atoms with E-state index < -0.39 is 12.0 Å². The highest BCUT2D eigenvalue weighted by atomic mass is 16.5. The lowest BCUT2D eigenvalue weighted by Crippen LogP contribution is -2.12. The Kier molecular flexibility index (Phi) is 2.83. The zero-order valence-electron chi connectivity index (χ0n) is 9.27. The van der Waals surface area contributed by atoms with Gasteiger partial charge in [-0.25, -0.2) is 0 Å². The van der Waals surface area contributed by atoms with Crippen molar-refractivity contribution < 1.29 is 19.4 Å². The molecule has 2 rings (SSSR count). The molecular formula is C12H14O4. The molecule has 1 N–H and O–H groups in total. The maximum atomic E-state index is 11.6. The number of methoxy groups -OCH3 is 2. The number of carbonyl (C=O) groups is 1. The van der Waals surface area contributed by atoms with E-state index in [1.54, 1.807) is 19.2 Å². The van der Waals surface area contributed by atoms with Crippen LogP contribution < -0.4 is 4.74 Å². The molecule has 1 aromatic rings. The third-order valence-corrected chi connectivity index (χ3v) is 2.97. The van der Waals surface area contributed by atoms with E-state index in [2.05, 4.69) is 0 Å². The van der Waals surface area contributed by atoms with Crippen LogP contribution >= 0.6 is 0 Å². The van der Waals surface area contributed by atoms with Crippen molar-refractivity contribution in [2.75, 3.05) is 14.2 Å². The van der Waals surface area contributed by atoms with Crippen LogP contribution in [0.3, 0.4) is 0 Å². The van der Waals surface area contributed by atoms with Gasteiger partial charge in [0.15, 0.2) is 0 Å². The number of hydrogen-bond donors (Lipinski definition) is 1. The lowest BCUT2D eigenvalue weighted by atomic mass is 10.0. The molecule has 0 heterocycles. The summed E-state index contributed by atoms with van der Waals surface area (Å²) >= 11 is 0. The standard InChI is InChI=1S/C12H14O4/c1-15-10-5-3-4-7-9(13)6-8(11(7)10)12(14)16-2/h3-5,8-9,13H,6H2,1-2H3/t8-,9-/m1/s1. The Morgan fingerprint density at radius 2 is 2.19 bits per heavy atom. The van der Waals surface area contributed by atoms with Gasteiger partial charge in [0.1, 0.15) is 5.75 Å². The van der Waals surface area contributed by atoms with Gasteiger partial charge >= 0.3 is 5.97 Å². The van der Waals surface area contributed by atoms with E-state index in [-0.39, 0.29) is 5.97 Å². The van der Waals surface area contributed by atoms with Crippen LogP contribution in [0, 0.1) is 0 Å². The molecule has 0 saturated heterocycles. The Bertz CT molecular complexity index is 413. The average molecular weight is 222 g/mol. The van der Waals surface area contributed by atoms with E-state index in [0.717, 1.165) is 11.1 Å². The van der Waals surface area contributed by atoms with Crippen molar-refractivity contribution in [2.45, 2.75) is 18.4 Å². The molecule has 86 valence electrons. The third kappa shape index (κ3) is 1.55. The summed E-state index contributed by atoms with van der Waals surface area (Å²) in [6, 6.07) is 5.40. The highest BCUT2D eigenvalue weighted by Crippen LogP contribution is 2.45. The van der Waals surface area contributed by atoms with Crippen molar-refractivity contribution in [2.24, 2.45) is 0 Å². The Hall–Kier alpha value is -1.55. The monoisotopic (exact) mass is 222 g/mol. The second-order valence-electron chi connectivity index (χ2n) is 3.79. The van der Waals surface area contributed by atoms with Gasteiger partial charge in [-0.1, -0.05) is 12.1 Å². The molecule has 16 heavy (non-hydrogen) atoms. The van der Waals surface area contributed by atoms with Crippen molar-refractivity contribution in [3.8, 4) is 5.75 Å². The van der Waals surface area contributed by atoms with Crippen LogP contribution in [-0.2, 0) is 9.53 Å². The first kappa shape index (κ1) is 11.0. The Morgan fingerprint density at radius 3 is 2.81 bits per heavy atom. The third-order valence-electron chi connectivity index (χ3n) is 2.97. The number of aliphatic hydroxyl groups is 1. The highest BCUT2D eigenvalue weighted by molar-refractivity contribution is 5.81. The summed E-state index contributed by atoms with van der Waals surface area (Å²) in [6.45, 7) is 0. The number of fused-ring (bicyclic) bond motifs is 1. The van der Waals surface area contributed by atoms with Gasteiger partial charge in [0.2, 0.25) is 0 Å². The van der Waals surface area contributed by atoms with Crippen LogP contribution in [0.25, 0.3) is 0 Å². The topological polar surface area (TPSA) is 55.8 Å². The van der Waals surface area contributed by atoms with Gasteiger partial charge in [0.25, 0.3) is 0 Å². The summed E-state index contributed by atoms with van der Waals surface area (Å²) in [5.41, 5.74) is 1.51. The summed E-state index contributed by atoms with van der Waals surface area (Å²) in [5.74, 6) is -0.127. The predicted octanol–water partition coefficient (Wildman–Crippen LogP) is 1.39. The fourth-order valence-corrected chi connectivity index (χ4v) is 2.23.